The van der Waals surface area contributed by atoms with Crippen molar-refractivity contribution in [2.75, 3.05) is 17.2 Å². The number of nitrogens with one attached hydrogen (secondary N) is 2. The summed E-state index contributed by atoms with van der Waals surface area (Å²) in [6.45, 7) is 10.1. The fourth-order valence-electron chi connectivity index (χ4n) is 11.8. The van der Waals surface area contributed by atoms with Crippen LogP contribution in [0, 0.1) is 0 Å². The minimum absolute atomic E-state index is 0.0207. The monoisotopic (exact) mass is 1190 g/mol. The van der Waals surface area contributed by atoms with Crippen LogP contribution in [-0.2, 0) is 68.1 Å². The molecule has 0 bridgehead atoms. The Morgan fingerprint density at radius 3 is 0.978 bits per heavy atom. The van der Waals surface area contributed by atoms with Gasteiger partial charge in [-0.25, -0.2) is 29.9 Å². The van der Waals surface area contributed by atoms with Gasteiger partial charge < -0.3 is 47.3 Å². The number of rotatable bonds is 25. The highest BCUT2D eigenvalue weighted by Gasteiger charge is 2.21. The number of benzene rings is 6. The lowest BCUT2D eigenvalue weighted by molar-refractivity contribution is -0.123. The minimum Gasteiger partial charge on any atom is -0.382 e. The molecule has 0 aliphatic rings. The number of nitrogens with zero attached hydrogens (tertiary/aromatic N) is 9. The van der Waals surface area contributed by atoms with Gasteiger partial charge in [0.2, 0.25) is 11.8 Å². The zero-order valence-corrected chi connectivity index (χ0v) is 51.4. The lowest BCUT2D eigenvalue weighted by Gasteiger charge is -2.12. The highest BCUT2D eigenvalue weighted by Crippen LogP contribution is 2.34. The van der Waals surface area contributed by atoms with Gasteiger partial charge in [0, 0.05) is 87.5 Å². The second-order valence-electron chi connectivity index (χ2n) is 23.2. The van der Waals surface area contributed by atoms with Crippen molar-refractivity contribution in [3.63, 3.8) is 0 Å². The molecule has 6 aromatic heterocycles. The average Bonchev–Trinajstić information content (AvgIpc) is 1.81. The van der Waals surface area contributed by atoms with Crippen molar-refractivity contribution in [3.05, 3.63) is 196 Å². The number of carbonyl (C=O) groups excluding carboxylic acids is 2. The SMILES string of the molecule is CCCCc1nc2c(N)nc3ccccc3c2n1Cc1ccc(CN)cc1.CCCCc1nc2c(N)nc3ccccc3c2n1Cc1ccc(CNC(=O)CCCCC(=O)NCc2ccc(Cn3c(CCCC)nc4c(N)nc5ccccc5c43)cc2)cc1. The molecule has 0 aliphatic heterocycles. The Bertz CT molecular complexity index is 4240. The molecule has 0 atom stereocenters. The third kappa shape index (κ3) is 14.0. The molecular formula is C72H81N15O2. The number of para-hydroxylation sites is 3. The number of hydrogen-bond acceptors (Lipinski definition) is 12. The highest BCUT2D eigenvalue weighted by molar-refractivity contribution is 6.08. The second-order valence-corrected chi connectivity index (χ2v) is 23.2. The predicted octanol–water partition coefficient (Wildman–Crippen LogP) is 12.9. The molecule has 12 aromatic rings. The standard InChI is InChI=1S/C50H56N10O2.C22H25N5/c1-3-5-17-41-57-45-47(37-13-7-9-15-39(37)55-49(45)51)59(41)31-35-25-21-33(22-26-35)29-53-43(61)19-11-12-20-44(62)54-30-34-23-27-36(28-24-34)32-60-42(18-6-4-2)58-46-48(60)38-14-8-10-16-40(38)56-50(46)52;1-2-3-8-19-26-20-21(17-6-4-5-7-18(17)25-22(20)24)27(19)14-16-11-9-15(13-23)10-12-16/h7-10,13-16,21-28H,3-6,11-12,17-20,29-32H2,1-2H3,(H2,51,55)(H2,52,56)(H,53,61)(H,54,62);4-7,9-12H,2-3,8,13-14,23H2,1H3,(H2,24,25). The van der Waals surface area contributed by atoms with Gasteiger partial charge in [0.15, 0.2) is 17.5 Å². The first-order valence-electron chi connectivity index (χ1n) is 31.6. The third-order valence-electron chi connectivity index (χ3n) is 16.7. The van der Waals surface area contributed by atoms with Crippen LogP contribution in [0.15, 0.2) is 146 Å². The van der Waals surface area contributed by atoms with Crippen molar-refractivity contribution in [2.45, 2.75) is 144 Å². The van der Waals surface area contributed by atoms with Gasteiger partial charge in [-0.3, -0.25) is 9.59 Å². The zero-order valence-electron chi connectivity index (χ0n) is 51.4. The number of unbranched alkanes of at least 4 members (excludes halogenated alkanes) is 4. The molecular weight excluding hydrogens is 1110 g/mol. The molecule has 0 radical (unpaired) electrons. The van der Waals surface area contributed by atoms with Crippen molar-refractivity contribution in [1.82, 2.24) is 54.2 Å². The van der Waals surface area contributed by atoms with E-state index in [4.69, 9.17) is 37.9 Å². The molecule has 0 saturated carbocycles. The lowest BCUT2D eigenvalue weighted by Crippen LogP contribution is -2.23. The fourth-order valence-corrected chi connectivity index (χ4v) is 11.8. The van der Waals surface area contributed by atoms with Crippen LogP contribution < -0.4 is 33.6 Å². The van der Waals surface area contributed by atoms with Crippen LogP contribution in [-0.4, -0.2) is 55.4 Å². The quantitative estimate of drug-likeness (QED) is 0.0292. The number of fused-ring (bicyclic) bond motifs is 9. The number of pyridine rings is 3. The van der Waals surface area contributed by atoms with E-state index in [-0.39, 0.29) is 11.8 Å². The molecule has 0 fully saturated rings. The molecule has 0 unspecified atom stereocenters. The molecule has 12 rings (SSSR count). The van der Waals surface area contributed by atoms with Gasteiger partial charge in [-0.2, -0.15) is 0 Å². The van der Waals surface area contributed by atoms with Crippen LogP contribution in [0.1, 0.15) is 136 Å². The van der Waals surface area contributed by atoms with E-state index in [1.807, 2.05) is 54.6 Å². The summed E-state index contributed by atoms with van der Waals surface area (Å²) in [5.74, 6) is 4.46. The number of nitrogen functional groups attached to an aromatic ring is 3. The van der Waals surface area contributed by atoms with E-state index in [1.54, 1.807) is 0 Å². The summed E-state index contributed by atoms with van der Waals surface area (Å²) < 4.78 is 6.88. The van der Waals surface area contributed by atoms with Crippen molar-refractivity contribution in [1.29, 1.82) is 0 Å². The van der Waals surface area contributed by atoms with Gasteiger partial charge in [0.25, 0.3) is 0 Å². The van der Waals surface area contributed by atoms with E-state index in [0.717, 1.165) is 175 Å². The van der Waals surface area contributed by atoms with Crippen molar-refractivity contribution >= 4 is 95.1 Å². The second kappa shape index (κ2) is 28.4. The number of imidazole rings is 3. The Hall–Kier alpha value is -9.74. The van der Waals surface area contributed by atoms with Gasteiger partial charge in [-0.05, 0) is 83.7 Å². The van der Waals surface area contributed by atoms with E-state index in [1.165, 1.54) is 5.56 Å². The van der Waals surface area contributed by atoms with Crippen LogP contribution in [0.4, 0.5) is 17.5 Å². The summed E-state index contributed by atoms with van der Waals surface area (Å²) in [6.07, 6.45) is 11.1. The number of hydrogen-bond donors (Lipinski definition) is 6. The first-order valence-corrected chi connectivity index (χ1v) is 31.6. The Balaban J connectivity index is 0.000000251. The Morgan fingerprint density at radius 1 is 0.382 bits per heavy atom. The largest absolute Gasteiger partial charge is 0.382 e. The summed E-state index contributed by atoms with van der Waals surface area (Å²) in [7, 11) is 0. The predicted molar refractivity (Wildman–Crippen MR) is 361 cm³/mol. The molecule has 17 heteroatoms. The van der Waals surface area contributed by atoms with Crippen LogP contribution in [0.25, 0.3) is 65.8 Å². The summed E-state index contributed by atoms with van der Waals surface area (Å²) in [4.78, 5) is 54.0. The molecule has 456 valence electrons. The third-order valence-corrected chi connectivity index (χ3v) is 16.7. The normalized spacial score (nSPS) is 11.6. The fraction of sp³-hybridized carbons (Fsp3) is 0.306. The summed E-state index contributed by atoms with van der Waals surface area (Å²) in [5.41, 5.74) is 39.5. The zero-order chi connectivity index (χ0) is 61.8. The minimum atomic E-state index is -0.0207. The molecule has 0 saturated heterocycles. The molecule has 6 aromatic carbocycles. The Labute approximate surface area is 519 Å². The maximum Gasteiger partial charge on any atom is 0.220 e. The lowest BCUT2D eigenvalue weighted by atomic mass is 10.1. The van der Waals surface area contributed by atoms with Gasteiger partial charge >= 0.3 is 0 Å². The van der Waals surface area contributed by atoms with Gasteiger partial charge in [-0.15, -0.1) is 0 Å². The topological polar surface area (TPSA) is 254 Å². The van der Waals surface area contributed by atoms with Crippen LogP contribution in [0.2, 0.25) is 0 Å². The average molecular weight is 1190 g/mol. The molecule has 0 spiro atoms. The molecule has 10 N–H and O–H groups in total. The van der Waals surface area contributed by atoms with Crippen LogP contribution in [0.5, 0.6) is 0 Å². The molecule has 0 aliphatic carbocycles. The summed E-state index contributed by atoms with van der Waals surface area (Å²) in [6, 6.07) is 49.5. The Kier molecular flexibility index (Phi) is 19.4. The molecule has 17 nitrogen and oxygen atoms in total. The van der Waals surface area contributed by atoms with Crippen molar-refractivity contribution < 1.29 is 9.59 Å². The number of nitrogens with two attached hydrogens (primary N) is 4. The first-order chi connectivity index (χ1) is 43.5. The van der Waals surface area contributed by atoms with E-state index in [9.17, 15) is 9.59 Å². The van der Waals surface area contributed by atoms with E-state index < -0.39 is 0 Å². The van der Waals surface area contributed by atoms with E-state index in [0.29, 0.717) is 75.9 Å². The number of amides is 2. The molecule has 2 amide bonds. The molecule has 6 heterocycles. The summed E-state index contributed by atoms with van der Waals surface area (Å²) in [5, 5.41) is 9.26. The van der Waals surface area contributed by atoms with Crippen LogP contribution >= 0.6 is 0 Å². The smallest absolute Gasteiger partial charge is 0.220 e. The number of carbonyl (C=O) groups is 2. The number of aromatic nitrogens is 9. The maximum absolute atomic E-state index is 12.7. The van der Waals surface area contributed by atoms with Gasteiger partial charge in [-0.1, -0.05) is 167 Å². The number of anilines is 3. The number of aryl methyl sites for hydroxylation is 3. The van der Waals surface area contributed by atoms with Crippen molar-refractivity contribution in [2.24, 2.45) is 5.73 Å². The molecule has 89 heavy (non-hydrogen) atoms. The van der Waals surface area contributed by atoms with Crippen molar-refractivity contribution in [3.8, 4) is 0 Å². The van der Waals surface area contributed by atoms with E-state index in [2.05, 4.69) is 151 Å². The summed E-state index contributed by atoms with van der Waals surface area (Å²) >= 11 is 0. The van der Waals surface area contributed by atoms with Gasteiger partial charge in [0.1, 0.15) is 34.0 Å². The highest BCUT2D eigenvalue weighted by atomic mass is 16.2. The van der Waals surface area contributed by atoms with Gasteiger partial charge in [0.05, 0.1) is 33.1 Å². The van der Waals surface area contributed by atoms with Crippen LogP contribution in [0.3, 0.4) is 0 Å². The Morgan fingerprint density at radius 2 is 0.674 bits per heavy atom. The van der Waals surface area contributed by atoms with E-state index >= 15 is 0 Å². The first kappa shape index (κ1) is 60.9. The maximum atomic E-state index is 12.7.